The van der Waals surface area contributed by atoms with Crippen LogP contribution in [0, 0.1) is 0 Å². The molecule has 2 nitrogen and oxygen atoms in total. The first-order valence-corrected chi connectivity index (χ1v) is 8.54. The highest BCUT2D eigenvalue weighted by molar-refractivity contribution is 7.19. The second kappa shape index (κ2) is 7.74. The Bertz CT molecular complexity index is 586. The maximum atomic E-state index is 3.90. The standard InChI is InChI=1S/C18H26N2S/c1-5-11-20(14(3)4)13-16-15-9-7-8-10-17(15)21-18(16)12-19-6-2/h5,7-10,14,19H,1,6,11-13H2,2-4H3. The molecule has 2 rings (SSSR count). The normalized spacial score (nSPS) is 11.7. The summed E-state index contributed by atoms with van der Waals surface area (Å²) in [4.78, 5) is 3.93. The topological polar surface area (TPSA) is 15.3 Å². The Morgan fingerprint density at radius 3 is 2.76 bits per heavy atom. The first-order chi connectivity index (χ1) is 10.2. The van der Waals surface area contributed by atoms with Crippen LogP contribution in [0.25, 0.3) is 10.1 Å². The van der Waals surface area contributed by atoms with E-state index in [2.05, 4.69) is 61.8 Å². The van der Waals surface area contributed by atoms with Gasteiger partial charge in [-0.25, -0.2) is 0 Å². The van der Waals surface area contributed by atoms with E-state index in [1.165, 1.54) is 20.5 Å². The molecule has 1 aromatic carbocycles. The van der Waals surface area contributed by atoms with Crippen LogP contribution in [0.3, 0.4) is 0 Å². The molecule has 3 heteroatoms. The maximum Gasteiger partial charge on any atom is 0.0349 e. The lowest BCUT2D eigenvalue weighted by Gasteiger charge is -2.25. The summed E-state index contributed by atoms with van der Waals surface area (Å²) in [5, 5.41) is 4.88. The molecular formula is C18H26N2S. The molecule has 1 N–H and O–H groups in total. The number of benzene rings is 1. The van der Waals surface area contributed by atoms with Crippen LogP contribution in [0.5, 0.6) is 0 Å². The lowest BCUT2D eigenvalue weighted by Crippen LogP contribution is -2.30. The van der Waals surface area contributed by atoms with Crippen molar-refractivity contribution in [2.45, 2.75) is 39.9 Å². The molecule has 0 fully saturated rings. The highest BCUT2D eigenvalue weighted by atomic mass is 32.1. The Labute approximate surface area is 132 Å². The molecule has 0 aliphatic rings. The minimum absolute atomic E-state index is 0.522. The molecule has 0 bridgehead atoms. The monoisotopic (exact) mass is 302 g/mol. The molecule has 21 heavy (non-hydrogen) atoms. The van der Waals surface area contributed by atoms with Crippen LogP contribution in [0.4, 0.5) is 0 Å². The van der Waals surface area contributed by atoms with Gasteiger partial charge >= 0.3 is 0 Å². The Morgan fingerprint density at radius 2 is 2.10 bits per heavy atom. The summed E-state index contributed by atoms with van der Waals surface area (Å²) in [6.45, 7) is 14.5. The molecule has 2 aromatic rings. The highest BCUT2D eigenvalue weighted by Crippen LogP contribution is 2.32. The van der Waals surface area contributed by atoms with Crippen molar-refractivity contribution >= 4 is 21.4 Å². The first kappa shape index (κ1) is 16.2. The number of nitrogens with one attached hydrogen (secondary N) is 1. The zero-order valence-electron chi connectivity index (χ0n) is 13.4. The smallest absolute Gasteiger partial charge is 0.0349 e. The van der Waals surface area contributed by atoms with Gasteiger partial charge in [0.2, 0.25) is 0 Å². The van der Waals surface area contributed by atoms with Gasteiger partial charge in [0.15, 0.2) is 0 Å². The number of thiophene rings is 1. The Hall–Kier alpha value is -1.16. The van der Waals surface area contributed by atoms with Crippen LogP contribution < -0.4 is 5.32 Å². The summed E-state index contributed by atoms with van der Waals surface area (Å²) in [5.41, 5.74) is 1.48. The zero-order chi connectivity index (χ0) is 15.2. The van der Waals surface area contributed by atoms with Crippen LogP contribution in [-0.4, -0.2) is 24.0 Å². The number of hydrogen-bond donors (Lipinski definition) is 1. The van der Waals surface area contributed by atoms with Crippen LogP contribution in [0.15, 0.2) is 36.9 Å². The van der Waals surface area contributed by atoms with Gasteiger partial charge < -0.3 is 5.32 Å². The van der Waals surface area contributed by atoms with Gasteiger partial charge in [0.05, 0.1) is 0 Å². The minimum Gasteiger partial charge on any atom is -0.312 e. The van der Waals surface area contributed by atoms with Crippen molar-refractivity contribution in [2.75, 3.05) is 13.1 Å². The molecule has 0 atom stereocenters. The van der Waals surface area contributed by atoms with Crippen molar-refractivity contribution in [1.29, 1.82) is 0 Å². The predicted octanol–water partition coefficient (Wildman–Crippen LogP) is 4.41. The molecule has 0 aliphatic heterocycles. The molecule has 0 radical (unpaired) electrons. The highest BCUT2D eigenvalue weighted by Gasteiger charge is 2.16. The van der Waals surface area contributed by atoms with Crippen molar-refractivity contribution < 1.29 is 0 Å². The van der Waals surface area contributed by atoms with Crippen LogP contribution >= 0.6 is 11.3 Å². The van der Waals surface area contributed by atoms with Gasteiger partial charge in [-0.3, -0.25) is 4.90 Å². The van der Waals surface area contributed by atoms with E-state index in [1.807, 2.05) is 17.4 Å². The van der Waals surface area contributed by atoms with Crippen molar-refractivity contribution in [1.82, 2.24) is 10.2 Å². The Balaban J connectivity index is 2.36. The molecular weight excluding hydrogens is 276 g/mol. The molecule has 0 spiro atoms. The largest absolute Gasteiger partial charge is 0.312 e. The average Bonchev–Trinajstić information content (AvgIpc) is 2.82. The predicted molar refractivity (Wildman–Crippen MR) is 94.9 cm³/mol. The van der Waals surface area contributed by atoms with Crippen molar-refractivity contribution in [3.8, 4) is 0 Å². The van der Waals surface area contributed by atoms with Gasteiger partial charge in [-0.05, 0) is 37.4 Å². The molecule has 0 aliphatic carbocycles. The van der Waals surface area contributed by atoms with E-state index < -0.39 is 0 Å². The van der Waals surface area contributed by atoms with Crippen LogP contribution in [-0.2, 0) is 13.1 Å². The average molecular weight is 302 g/mol. The lowest BCUT2D eigenvalue weighted by atomic mass is 10.1. The number of nitrogens with zero attached hydrogens (tertiary/aromatic N) is 1. The summed E-state index contributed by atoms with van der Waals surface area (Å²) in [5.74, 6) is 0. The summed E-state index contributed by atoms with van der Waals surface area (Å²) in [6.07, 6.45) is 2.00. The molecule has 1 heterocycles. The quantitative estimate of drug-likeness (QED) is 0.727. The van der Waals surface area contributed by atoms with Crippen LogP contribution in [0.1, 0.15) is 31.2 Å². The summed E-state index contributed by atoms with van der Waals surface area (Å²) in [6, 6.07) is 9.27. The van der Waals surface area contributed by atoms with Gasteiger partial charge in [-0.1, -0.05) is 31.2 Å². The van der Waals surface area contributed by atoms with Gasteiger partial charge in [-0.15, -0.1) is 17.9 Å². The fourth-order valence-corrected chi connectivity index (χ4v) is 3.72. The van der Waals surface area contributed by atoms with Gasteiger partial charge in [0, 0.05) is 35.3 Å². The fraction of sp³-hybridized carbons (Fsp3) is 0.444. The SMILES string of the molecule is C=CCN(Cc1c(CNCC)sc2ccccc12)C(C)C. The fourth-order valence-electron chi connectivity index (χ4n) is 2.53. The van der Waals surface area contributed by atoms with E-state index in [0.717, 1.165) is 26.2 Å². The van der Waals surface area contributed by atoms with Crippen molar-refractivity contribution in [2.24, 2.45) is 0 Å². The third kappa shape index (κ3) is 3.94. The maximum absolute atomic E-state index is 3.90. The summed E-state index contributed by atoms with van der Waals surface area (Å²) < 4.78 is 1.39. The van der Waals surface area contributed by atoms with E-state index in [1.54, 1.807) is 0 Å². The van der Waals surface area contributed by atoms with E-state index >= 15 is 0 Å². The van der Waals surface area contributed by atoms with E-state index in [4.69, 9.17) is 0 Å². The molecule has 1 aromatic heterocycles. The third-order valence-electron chi connectivity index (χ3n) is 3.77. The van der Waals surface area contributed by atoms with Gasteiger partial charge in [-0.2, -0.15) is 0 Å². The second-order valence-corrected chi connectivity index (χ2v) is 6.73. The van der Waals surface area contributed by atoms with Crippen molar-refractivity contribution in [3.05, 3.63) is 47.4 Å². The Kier molecular flexibility index (Phi) is 5.97. The summed E-state index contributed by atoms with van der Waals surface area (Å²) in [7, 11) is 0. The van der Waals surface area contributed by atoms with Crippen LogP contribution in [0.2, 0.25) is 0 Å². The van der Waals surface area contributed by atoms with E-state index in [0.29, 0.717) is 6.04 Å². The molecule has 0 saturated carbocycles. The first-order valence-electron chi connectivity index (χ1n) is 7.72. The number of hydrogen-bond acceptors (Lipinski definition) is 3. The van der Waals surface area contributed by atoms with Gasteiger partial charge in [0.1, 0.15) is 0 Å². The lowest BCUT2D eigenvalue weighted by molar-refractivity contribution is 0.238. The molecule has 114 valence electrons. The van der Waals surface area contributed by atoms with E-state index in [9.17, 15) is 0 Å². The second-order valence-electron chi connectivity index (χ2n) is 5.59. The number of rotatable bonds is 8. The zero-order valence-corrected chi connectivity index (χ0v) is 14.2. The number of fused-ring (bicyclic) bond motifs is 1. The summed E-state index contributed by atoms with van der Waals surface area (Å²) >= 11 is 1.92. The van der Waals surface area contributed by atoms with Gasteiger partial charge in [0.25, 0.3) is 0 Å². The molecule has 0 saturated heterocycles. The molecule has 0 amide bonds. The third-order valence-corrected chi connectivity index (χ3v) is 4.99. The molecule has 0 unspecified atom stereocenters. The minimum atomic E-state index is 0.522. The van der Waals surface area contributed by atoms with Crippen molar-refractivity contribution in [3.63, 3.8) is 0 Å². The van der Waals surface area contributed by atoms with E-state index in [-0.39, 0.29) is 0 Å². The Morgan fingerprint density at radius 1 is 1.33 bits per heavy atom.